The average Bonchev–Trinajstić information content (AvgIpc) is 2.16. The monoisotopic (exact) mass is 186 g/mol. The van der Waals surface area contributed by atoms with Gasteiger partial charge in [0.25, 0.3) is 0 Å². The van der Waals surface area contributed by atoms with Gasteiger partial charge >= 0.3 is 0 Å². The van der Waals surface area contributed by atoms with E-state index >= 15 is 0 Å². The molecule has 1 aliphatic rings. The van der Waals surface area contributed by atoms with E-state index in [1.165, 1.54) is 6.42 Å². The van der Waals surface area contributed by atoms with Crippen LogP contribution in [0, 0.1) is 0 Å². The Morgan fingerprint density at radius 3 is 2.15 bits per heavy atom. The van der Waals surface area contributed by atoms with Gasteiger partial charge in [0.05, 0.1) is 0 Å². The number of nitrogens with one attached hydrogen (secondary N) is 2. The zero-order valence-corrected chi connectivity index (χ0v) is 8.39. The maximum atomic E-state index is 5.54. The van der Waals surface area contributed by atoms with Crippen molar-refractivity contribution in [2.24, 2.45) is 5.73 Å². The first-order valence-corrected chi connectivity index (χ1v) is 5.27. The van der Waals surface area contributed by atoms with Crippen LogP contribution in [0.15, 0.2) is 0 Å². The molecule has 13 heavy (non-hydrogen) atoms. The van der Waals surface area contributed by atoms with Crippen LogP contribution in [0.2, 0.25) is 0 Å². The Morgan fingerprint density at radius 2 is 1.62 bits per heavy atom. The van der Waals surface area contributed by atoms with Crippen molar-refractivity contribution in [3.63, 3.8) is 0 Å². The Hall–Kier alpha value is -0.160. The van der Waals surface area contributed by atoms with Gasteiger partial charge in [-0.15, -0.1) is 0 Å². The smallest absolute Gasteiger partial charge is 0.0108 e. The van der Waals surface area contributed by atoms with E-state index in [9.17, 15) is 0 Å². The second kappa shape index (κ2) is 7.26. The summed E-state index contributed by atoms with van der Waals surface area (Å²) in [6, 6.07) is 0. The summed E-state index contributed by atoms with van der Waals surface area (Å²) >= 11 is 0. The zero-order valence-electron chi connectivity index (χ0n) is 8.39. The highest BCUT2D eigenvalue weighted by atomic mass is 15.2. The Balaban J connectivity index is 2.18. The Morgan fingerprint density at radius 1 is 1.00 bits per heavy atom. The van der Waals surface area contributed by atoms with E-state index in [1.807, 2.05) is 0 Å². The molecule has 0 unspecified atom stereocenters. The van der Waals surface area contributed by atoms with E-state index in [0.717, 1.165) is 52.4 Å². The molecular formula is C9H22N4. The van der Waals surface area contributed by atoms with Crippen LogP contribution in [-0.4, -0.2) is 57.3 Å². The van der Waals surface area contributed by atoms with E-state index in [1.54, 1.807) is 0 Å². The van der Waals surface area contributed by atoms with Crippen molar-refractivity contribution in [1.29, 1.82) is 0 Å². The minimum absolute atomic E-state index is 0.764. The third-order valence-corrected chi connectivity index (χ3v) is 2.36. The summed E-state index contributed by atoms with van der Waals surface area (Å²) in [5.41, 5.74) is 5.54. The highest BCUT2D eigenvalue weighted by Crippen LogP contribution is 1.87. The first-order chi connectivity index (χ1) is 6.43. The molecule has 0 spiro atoms. The maximum Gasteiger partial charge on any atom is 0.0108 e. The second-order valence-corrected chi connectivity index (χ2v) is 3.48. The molecule has 1 heterocycles. The topological polar surface area (TPSA) is 53.3 Å². The Kier molecular flexibility index (Phi) is 6.10. The lowest BCUT2D eigenvalue weighted by Gasteiger charge is -2.23. The quantitative estimate of drug-likeness (QED) is 0.509. The molecule has 0 saturated carbocycles. The van der Waals surface area contributed by atoms with Gasteiger partial charge in [-0.1, -0.05) is 0 Å². The molecule has 1 saturated heterocycles. The second-order valence-electron chi connectivity index (χ2n) is 3.48. The minimum atomic E-state index is 0.764. The van der Waals surface area contributed by atoms with Crippen molar-refractivity contribution in [2.75, 3.05) is 52.4 Å². The molecule has 0 radical (unpaired) electrons. The summed E-state index contributed by atoms with van der Waals surface area (Å²) in [5.74, 6) is 0. The summed E-state index contributed by atoms with van der Waals surface area (Å²) < 4.78 is 0. The van der Waals surface area contributed by atoms with Gasteiger partial charge in [-0.25, -0.2) is 0 Å². The number of hydrogen-bond donors (Lipinski definition) is 3. The lowest BCUT2D eigenvalue weighted by molar-refractivity contribution is 0.274. The van der Waals surface area contributed by atoms with Gasteiger partial charge in [0, 0.05) is 39.3 Å². The van der Waals surface area contributed by atoms with Gasteiger partial charge in [0.1, 0.15) is 0 Å². The first kappa shape index (κ1) is 10.9. The lowest BCUT2D eigenvalue weighted by atomic mass is 10.3. The molecule has 0 atom stereocenters. The normalized spacial score (nSPS) is 22.8. The zero-order chi connectivity index (χ0) is 9.36. The van der Waals surface area contributed by atoms with E-state index in [0.29, 0.717) is 0 Å². The molecular weight excluding hydrogens is 164 g/mol. The largest absolute Gasteiger partial charge is 0.329 e. The summed E-state index contributed by atoms with van der Waals surface area (Å²) in [7, 11) is 0. The molecule has 4 heteroatoms. The van der Waals surface area contributed by atoms with Crippen molar-refractivity contribution in [3.8, 4) is 0 Å². The molecule has 0 amide bonds. The number of rotatable bonds is 2. The van der Waals surface area contributed by atoms with Crippen LogP contribution < -0.4 is 16.4 Å². The number of nitrogens with two attached hydrogens (primary N) is 1. The van der Waals surface area contributed by atoms with Gasteiger partial charge in [-0.3, -0.25) is 4.90 Å². The third kappa shape index (κ3) is 5.21. The van der Waals surface area contributed by atoms with Crippen LogP contribution in [0.4, 0.5) is 0 Å². The molecule has 4 N–H and O–H groups in total. The van der Waals surface area contributed by atoms with E-state index < -0.39 is 0 Å². The lowest BCUT2D eigenvalue weighted by Crippen LogP contribution is -2.41. The summed E-state index contributed by atoms with van der Waals surface area (Å²) in [4.78, 5) is 2.41. The molecule has 0 bridgehead atoms. The maximum absolute atomic E-state index is 5.54. The SMILES string of the molecule is NCCN1CCNCCCNCC1. The summed E-state index contributed by atoms with van der Waals surface area (Å²) in [5, 5.41) is 6.84. The molecule has 0 aromatic rings. The van der Waals surface area contributed by atoms with Gasteiger partial charge in [-0.05, 0) is 19.5 Å². The van der Waals surface area contributed by atoms with Gasteiger partial charge < -0.3 is 16.4 Å². The third-order valence-electron chi connectivity index (χ3n) is 2.36. The predicted octanol–water partition coefficient (Wildman–Crippen LogP) is -1.17. The van der Waals surface area contributed by atoms with Crippen molar-refractivity contribution >= 4 is 0 Å². The summed E-state index contributed by atoms with van der Waals surface area (Å²) in [6.45, 7) is 8.48. The molecule has 78 valence electrons. The van der Waals surface area contributed by atoms with E-state index in [-0.39, 0.29) is 0 Å². The molecule has 4 nitrogen and oxygen atoms in total. The molecule has 1 fully saturated rings. The highest BCUT2D eigenvalue weighted by molar-refractivity contribution is 4.64. The fourth-order valence-corrected chi connectivity index (χ4v) is 1.58. The van der Waals surface area contributed by atoms with E-state index in [4.69, 9.17) is 5.73 Å². The van der Waals surface area contributed by atoms with E-state index in [2.05, 4.69) is 15.5 Å². The Labute approximate surface area is 80.9 Å². The van der Waals surface area contributed by atoms with Crippen molar-refractivity contribution < 1.29 is 0 Å². The number of nitrogens with zero attached hydrogens (tertiary/aromatic N) is 1. The van der Waals surface area contributed by atoms with Crippen LogP contribution in [0.5, 0.6) is 0 Å². The van der Waals surface area contributed by atoms with Crippen molar-refractivity contribution in [1.82, 2.24) is 15.5 Å². The standard InChI is InChI=1S/C9H22N4/c10-2-7-13-8-5-11-3-1-4-12-6-9-13/h11-12H,1-10H2. The molecule has 1 rings (SSSR count). The van der Waals surface area contributed by atoms with Crippen LogP contribution in [0.3, 0.4) is 0 Å². The average molecular weight is 186 g/mol. The number of hydrogen-bond acceptors (Lipinski definition) is 4. The van der Waals surface area contributed by atoms with Gasteiger partial charge in [0.2, 0.25) is 0 Å². The van der Waals surface area contributed by atoms with Crippen LogP contribution in [0.1, 0.15) is 6.42 Å². The van der Waals surface area contributed by atoms with Crippen LogP contribution in [0.25, 0.3) is 0 Å². The Bertz CT molecular complexity index is 108. The summed E-state index contributed by atoms with van der Waals surface area (Å²) in [6.07, 6.45) is 1.23. The van der Waals surface area contributed by atoms with Gasteiger partial charge in [0.15, 0.2) is 0 Å². The fraction of sp³-hybridized carbons (Fsp3) is 1.00. The molecule has 0 aromatic heterocycles. The van der Waals surface area contributed by atoms with Crippen LogP contribution >= 0.6 is 0 Å². The molecule has 0 aromatic carbocycles. The van der Waals surface area contributed by atoms with Gasteiger partial charge in [-0.2, -0.15) is 0 Å². The molecule has 1 aliphatic heterocycles. The highest BCUT2D eigenvalue weighted by Gasteiger charge is 2.03. The van der Waals surface area contributed by atoms with Crippen molar-refractivity contribution in [2.45, 2.75) is 6.42 Å². The van der Waals surface area contributed by atoms with Crippen molar-refractivity contribution in [3.05, 3.63) is 0 Å². The molecule has 0 aliphatic carbocycles. The van der Waals surface area contributed by atoms with Crippen LogP contribution in [-0.2, 0) is 0 Å². The fourth-order valence-electron chi connectivity index (χ4n) is 1.58. The first-order valence-electron chi connectivity index (χ1n) is 5.27. The minimum Gasteiger partial charge on any atom is -0.329 e. The predicted molar refractivity (Wildman–Crippen MR) is 55.9 cm³/mol.